The average molecular weight is 693 g/mol. The Morgan fingerprint density at radius 2 is 1.82 bits per heavy atom. The minimum Gasteiger partial charge on any atom is -0.481 e. The fourth-order valence-corrected chi connectivity index (χ4v) is 5.24. The highest BCUT2D eigenvalue weighted by molar-refractivity contribution is 9.11. The SMILES string of the molecule is Cc1ccc(NC(=O)COc2c(Br)cc(/C=C3/C(=O)NC(=O)N(c4cccc([N+](=O)[O-])c4)C3=O)cc2Br)cc1Cl. The van der Waals surface area contributed by atoms with Crippen molar-refractivity contribution in [3.63, 3.8) is 0 Å². The number of benzene rings is 3. The summed E-state index contributed by atoms with van der Waals surface area (Å²) in [5.74, 6) is -2.04. The molecule has 2 N–H and O–H groups in total. The summed E-state index contributed by atoms with van der Waals surface area (Å²) in [6.45, 7) is 1.51. The number of rotatable bonds is 7. The molecular formula is C26H17Br2ClN4O7. The second-order valence-corrected chi connectivity index (χ2v) is 10.5. The second kappa shape index (κ2) is 12.0. The molecule has 0 atom stereocenters. The van der Waals surface area contributed by atoms with Crippen LogP contribution in [0.25, 0.3) is 6.08 Å². The first-order valence-electron chi connectivity index (χ1n) is 11.3. The third-order valence-corrected chi connectivity index (χ3v) is 7.12. The fraction of sp³-hybridized carbons (Fsp3) is 0.0769. The van der Waals surface area contributed by atoms with E-state index in [1.807, 2.05) is 6.92 Å². The Morgan fingerprint density at radius 3 is 2.48 bits per heavy atom. The highest BCUT2D eigenvalue weighted by Crippen LogP contribution is 2.36. The van der Waals surface area contributed by atoms with Gasteiger partial charge in [-0.05, 0) is 86.3 Å². The standard InChI is InChI=1S/C26H17Br2ClN4O7/c1-13-5-6-15(10-21(13)29)30-22(34)12-40-23-19(27)8-14(9-20(23)28)7-18-24(35)31-26(37)32(25(18)36)16-3-2-4-17(11-16)33(38)39/h2-11H,12H2,1H3,(H,30,34)(H,31,35,37)/b18-7-. The Bertz CT molecular complexity index is 1600. The van der Waals surface area contributed by atoms with Crippen molar-refractivity contribution in [2.75, 3.05) is 16.8 Å². The van der Waals surface area contributed by atoms with Crippen LogP contribution < -0.4 is 20.3 Å². The van der Waals surface area contributed by atoms with E-state index in [2.05, 4.69) is 42.5 Å². The number of carbonyl (C=O) groups is 4. The Balaban J connectivity index is 1.53. The van der Waals surface area contributed by atoms with Gasteiger partial charge < -0.3 is 10.1 Å². The van der Waals surface area contributed by atoms with E-state index in [0.29, 0.717) is 30.1 Å². The van der Waals surface area contributed by atoms with Crippen LogP contribution in [0.15, 0.2) is 69.1 Å². The summed E-state index contributed by atoms with van der Waals surface area (Å²) in [6, 6.07) is 12.1. The molecule has 0 aliphatic carbocycles. The van der Waals surface area contributed by atoms with Crippen molar-refractivity contribution in [1.29, 1.82) is 0 Å². The minimum absolute atomic E-state index is 0.0765. The van der Waals surface area contributed by atoms with E-state index in [1.165, 1.54) is 24.3 Å². The number of carbonyl (C=O) groups excluding carboxylic acids is 4. The molecule has 1 saturated heterocycles. The van der Waals surface area contributed by atoms with Crippen molar-refractivity contribution in [2.24, 2.45) is 0 Å². The molecule has 14 heteroatoms. The summed E-state index contributed by atoms with van der Waals surface area (Å²) in [6.07, 6.45) is 1.25. The lowest BCUT2D eigenvalue weighted by Gasteiger charge is -2.26. The van der Waals surface area contributed by atoms with E-state index in [1.54, 1.807) is 30.3 Å². The summed E-state index contributed by atoms with van der Waals surface area (Å²) in [5.41, 5.74) is 0.964. The maximum Gasteiger partial charge on any atom is 0.335 e. The molecule has 1 heterocycles. The molecule has 4 rings (SSSR count). The normalized spacial score (nSPS) is 14.2. The first-order valence-corrected chi connectivity index (χ1v) is 13.2. The molecule has 1 aliphatic heterocycles. The molecular weight excluding hydrogens is 676 g/mol. The number of barbiturate groups is 1. The van der Waals surface area contributed by atoms with Crippen molar-refractivity contribution in [3.05, 3.63) is 95.4 Å². The number of aryl methyl sites for hydroxylation is 1. The molecule has 40 heavy (non-hydrogen) atoms. The van der Waals surface area contributed by atoms with Gasteiger partial charge in [0, 0.05) is 22.8 Å². The van der Waals surface area contributed by atoms with E-state index in [0.717, 1.165) is 11.6 Å². The zero-order valence-corrected chi connectivity index (χ0v) is 24.3. The van der Waals surface area contributed by atoms with E-state index in [9.17, 15) is 29.3 Å². The quantitative estimate of drug-likeness (QED) is 0.138. The van der Waals surface area contributed by atoms with Gasteiger partial charge in [-0.1, -0.05) is 23.7 Å². The van der Waals surface area contributed by atoms with Crippen molar-refractivity contribution in [1.82, 2.24) is 5.32 Å². The van der Waals surface area contributed by atoms with Crippen LogP contribution in [0.1, 0.15) is 11.1 Å². The lowest BCUT2D eigenvalue weighted by Crippen LogP contribution is -2.54. The molecule has 0 spiro atoms. The molecule has 0 unspecified atom stereocenters. The number of halogens is 3. The van der Waals surface area contributed by atoms with Gasteiger partial charge in [-0.15, -0.1) is 0 Å². The number of nitrogens with zero attached hydrogens (tertiary/aromatic N) is 2. The summed E-state index contributed by atoms with van der Waals surface area (Å²) < 4.78 is 6.45. The number of nitro groups is 1. The Morgan fingerprint density at radius 1 is 1.12 bits per heavy atom. The van der Waals surface area contributed by atoms with Crippen LogP contribution in [0.3, 0.4) is 0 Å². The van der Waals surface area contributed by atoms with Crippen LogP contribution in [-0.2, 0) is 14.4 Å². The number of urea groups is 1. The van der Waals surface area contributed by atoms with E-state index >= 15 is 0 Å². The van der Waals surface area contributed by atoms with Gasteiger partial charge in [0.15, 0.2) is 6.61 Å². The van der Waals surface area contributed by atoms with Crippen LogP contribution >= 0.6 is 43.5 Å². The number of amides is 5. The fourth-order valence-electron chi connectivity index (χ4n) is 3.61. The van der Waals surface area contributed by atoms with Gasteiger partial charge >= 0.3 is 6.03 Å². The van der Waals surface area contributed by atoms with Crippen molar-refractivity contribution < 1.29 is 28.8 Å². The van der Waals surface area contributed by atoms with Gasteiger partial charge in [0.2, 0.25) is 0 Å². The topological polar surface area (TPSA) is 148 Å². The van der Waals surface area contributed by atoms with Crippen LogP contribution in [0.2, 0.25) is 5.02 Å². The van der Waals surface area contributed by atoms with Crippen LogP contribution in [-0.4, -0.2) is 35.3 Å². The Kier molecular flexibility index (Phi) is 8.67. The van der Waals surface area contributed by atoms with E-state index in [-0.39, 0.29) is 29.3 Å². The Labute approximate surface area is 248 Å². The van der Waals surface area contributed by atoms with E-state index in [4.69, 9.17) is 16.3 Å². The molecule has 204 valence electrons. The maximum absolute atomic E-state index is 13.1. The largest absolute Gasteiger partial charge is 0.481 e. The molecule has 0 bridgehead atoms. The average Bonchev–Trinajstić information content (AvgIpc) is 2.88. The van der Waals surface area contributed by atoms with Gasteiger partial charge in [-0.3, -0.25) is 29.8 Å². The summed E-state index contributed by atoms with van der Waals surface area (Å²) in [4.78, 5) is 61.6. The van der Waals surface area contributed by atoms with Gasteiger partial charge in [0.25, 0.3) is 23.4 Å². The smallest absolute Gasteiger partial charge is 0.335 e. The predicted octanol–water partition coefficient (Wildman–Crippen LogP) is 5.77. The molecule has 1 aliphatic rings. The molecule has 11 nitrogen and oxygen atoms in total. The summed E-state index contributed by atoms with van der Waals surface area (Å²) in [5, 5.41) is 16.4. The third-order valence-electron chi connectivity index (χ3n) is 5.54. The van der Waals surface area contributed by atoms with Crippen molar-refractivity contribution >= 4 is 90.4 Å². The molecule has 3 aromatic carbocycles. The van der Waals surface area contributed by atoms with Gasteiger partial charge in [0.05, 0.1) is 19.6 Å². The van der Waals surface area contributed by atoms with Gasteiger partial charge in [0.1, 0.15) is 11.3 Å². The monoisotopic (exact) mass is 690 g/mol. The molecule has 0 radical (unpaired) electrons. The zero-order valence-electron chi connectivity index (χ0n) is 20.4. The Hall–Kier alpha value is -4.07. The number of ether oxygens (including phenoxy) is 1. The number of nitrogens with one attached hydrogen (secondary N) is 2. The predicted molar refractivity (Wildman–Crippen MR) is 154 cm³/mol. The molecule has 1 fully saturated rings. The van der Waals surface area contributed by atoms with Crippen LogP contribution in [0, 0.1) is 17.0 Å². The van der Waals surface area contributed by atoms with E-state index < -0.39 is 28.7 Å². The summed E-state index contributed by atoms with van der Waals surface area (Å²) in [7, 11) is 0. The number of imide groups is 2. The van der Waals surface area contributed by atoms with Crippen LogP contribution in [0.4, 0.5) is 21.9 Å². The summed E-state index contributed by atoms with van der Waals surface area (Å²) >= 11 is 12.8. The van der Waals surface area contributed by atoms with Crippen molar-refractivity contribution in [3.8, 4) is 5.75 Å². The van der Waals surface area contributed by atoms with Gasteiger partial charge in [-0.25, -0.2) is 9.69 Å². The number of non-ortho nitro benzene ring substituents is 1. The third kappa shape index (κ3) is 6.38. The number of hydrogen-bond acceptors (Lipinski definition) is 7. The highest BCUT2D eigenvalue weighted by atomic mass is 79.9. The van der Waals surface area contributed by atoms with Crippen LogP contribution in [0.5, 0.6) is 5.75 Å². The minimum atomic E-state index is -1.04. The highest BCUT2D eigenvalue weighted by Gasteiger charge is 2.37. The van der Waals surface area contributed by atoms with Gasteiger partial charge in [-0.2, -0.15) is 0 Å². The molecule has 0 aromatic heterocycles. The second-order valence-electron chi connectivity index (χ2n) is 8.35. The number of nitro benzene ring substituents is 1. The number of hydrogen-bond donors (Lipinski definition) is 2. The first-order chi connectivity index (χ1) is 18.9. The molecule has 0 saturated carbocycles. The lowest BCUT2D eigenvalue weighted by atomic mass is 10.1. The zero-order chi connectivity index (χ0) is 29.1. The molecule has 3 aromatic rings. The lowest BCUT2D eigenvalue weighted by molar-refractivity contribution is -0.384. The van der Waals surface area contributed by atoms with Crippen molar-refractivity contribution in [2.45, 2.75) is 6.92 Å². The molecule has 5 amide bonds. The maximum atomic E-state index is 13.1. The first kappa shape index (κ1) is 28.9. The number of anilines is 2.